The number of methoxy groups -OCH3 is 1. The SMILES string of the molecule is CCS(=O)(=O)Nc1ccc(Oc2ccc(F)cc2F)c(-c2cc(C)nc(OC)c2)c1. The molecule has 0 aliphatic heterocycles. The van der Waals surface area contributed by atoms with Gasteiger partial charge in [0.2, 0.25) is 15.9 Å². The average Bonchev–Trinajstić information content (AvgIpc) is 2.70. The predicted molar refractivity (Wildman–Crippen MR) is 110 cm³/mol. The number of nitrogens with one attached hydrogen (secondary N) is 1. The van der Waals surface area contributed by atoms with Crippen LogP contribution >= 0.6 is 0 Å². The fraction of sp³-hybridized carbons (Fsp3) is 0.190. The zero-order chi connectivity index (χ0) is 21.9. The minimum atomic E-state index is -3.51. The van der Waals surface area contributed by atoms with Gasteiger partial charge in [0.05, 0.1) is 12.9 Å². The molecule has 0 amide bonds. The highest BCUT2D eigenvalue weighted by molar-refractivity contribution is 7.92. The number of benzene rings is 2. The highest BCUT2D eigenvalue weighted by Gasteiger charge is 2.15. The van der Waals surface area contributed by atoms with E-state index in [1.165, 1.54) is 32.2 Å². The van der Waals surface area contributed by atoms with Crippen molar-refractivity contribution in [2.45, 2.75) is 13.8 Å². The van der Waals surface area contributed by atoms with Gasteiger partial charge in [-0.05, 0) is 55.8 Å². The first-order chi connectivity index (χ1) is 14.2. The lowest BCUT2D eigenvalue weighted by Gasteiger charge is -2.15. The molecule has 3 rings (SSSR count). The van der Waals surface area contributed by atoms with Crippen LogP contribution in [0.3, 0.4) is 0 Å². The third kappa shape index (κ3) is 5.04. The predicted octanol–water partition coefficient (Wildman–Crippen LogP) is 4.90. The first-order valence-corrected chi connectivity index (χ1v) is 10.7. The van der Waals surface area contributed by atoms with E-state index in [0.29, 0.717) is 28.4 Å². The molecule has 1 N–H and O–H groups in total. The molecule has 0 saturated heterocycles. The van der Waals surface area contributed by atoms with Gasteiger partial charge in [-0.1, -0.05) is 0 Å². The molecule has 0 aliphatic carbocycles. The van der Waals surface area contributed by atoms with Crippen LogP contribution in [0.4, 0.5) is 14.5 Å². The molecule has 1 heterocycles. The van der Waals surface area contributed by atoms with Crippen molar-refractivity contribution in [1.29, 1.82) is 0 Å². The van der Waals surface area contributed by atoms with Crippen LogP contribution < -0.4 is 14.2 Å². The van der Waals surface area contributed by atoms with Crippen molar-refractivity contribution in [3.05, 3.63) is 65.9 Å². The Balaban J connectivity index is 2.12. The van der Waals surface area contributed by atoms with E-state index in [9.17, 15) is 17.2 Å². The second-order valence-corrected chi connectivity index (χ2v) is 8.44. The van der Waals surface area contributed by atoms with Crippen LogP contribution in [0.5, 0.6) is 17.4 Å². The number of hydrogen-bond donors (Lipinski definition) is 1. The van der Waals surface area contributed by atoms with Crippen LogP contribution in [0.1, 0.15) is 12.6 Å². The normalized spacial score (nSPS) is 11.2. The lowest BCUT2D eigenvalue weighted by molar-refractivity contribution is 0.397. The molecule has 3 aromatic rings. The molecule has 0 atom stereocenters. The van der Waals surface area contributed by atoms with Gasteiger partial charge in [-0.3, -0.25) is 4.72 Å². The molecule has 30 heavy (non-hydrogen) atoms. The summed E-state index contributed by atoms with van der Waals surface area (Å²) in [4.78, 5) is 4.23. The molecular weight excluding hydrogens is 414 g/mol. The summed E-state index contributed by atoms with van der Waals surface area (Å²) >= 11 is 0. The molecule has 0 unspecified atom stereocenters. The minimum Gasteiger partial charge on any atom is -0.481 e. The van der Waals surface area contributed by atoms with Crippen molar-refractivity contribution in [3.63, 3.8) is 0 Å². The van der Waals surface area contributed by atoms with Crippen molar-refractivity contribution < 1.29 is 26.7 Å². The first-order valence-electron chi connectivity index (χ1n) is 9.01. The Labute approximate surface area is 173 Å². The zero-order valence-electron chi connectivity index (χ0n) is 16.6. The number of aryl methyl sites for hydroxylation is 1. The fourth-order valence-corrected chi connectivity index (χ4v) is 3.36. The molecule has 2 aromatic carbocycles. The van der Waals surface area contributed by atoms with Gasteiger partial charge in [-0.25, -0.2) is 22.2 Å². The highest BCUT2D eigenvalue weighted by Crippen LogP contribution is 2.38. The van der Waals surface area contributed by atoms with Crippen molar-refractivity contribution in [2.75, 3.05) is 17.6 Å². The van der Waals surface area contributed by atoms with E-state index in [1.807, 2.05) is 0 Å². The molecular formula is C21H20F2N2O4S. The van der Waals surface area contributed by atoms with E-state index in [1.54, 1.807) is 25.1 Å². The third-order valence-corrected chi connectivity index (χ3v) is 5.50. The summed E-state index contributed by atoms with van der Waals surface area (Å²) in [6, 6.07) is 11.0. The van der Waals surface area contributed by atoms with E-state index in [4.69, 9.17) is 9.47 Å². The quantitative estimate of drug-likeness (QED) is 0.572. The van der Waals surface area contributed by atoms with Gasteiger partial charge in [-0.2, -0.15) is 0 Å². The second kappa shape index (κ2) is 8.66. The third-order valence-electron chi connectivity index (χ3n) is 4.20. The van der Waals surface area contributed by atoms with Gasteiger partial charge in [0.1, 0.15) is 11.6 Å². The number of sulfonamides is 1. The number of nitrogens with zero attached hydrogens (tertiary/aromatic N) is 1. The number of anilines is 1. The van der Waals surface area contributed by atoms with Crippen LogP contribution in [0, 0.1) is 18.6 Å². The Bertz CT molecular complexity index is 1180. The van der Waals surface area contributed by atoms with Crippen LogP contribution in [-0.4, -0.2) is 26.3 Å². The molecule has 6 nitrogen and oxygen atoms in total. The van der Waals surface area contributed by atoms with Gasteiger partial charge in [0.25, 0.3) is 0 Å². The van der Waals surface area contributed by atoms with Gasteiger partial charge in [0, 0.05) is 29.1 Å². The standard InChI is InChI=1S/C21H20F2N2O4S/c1-4-30(26,27)25-16-6-8-19(29-20-7-5-15(22)11-18(20)23)17(12-16)14-9-13(2)24-21(10-14)28-3/h5-12,25H,4H2,1-3H3. The minimum absolute atomic E-state index is 0.0937. The average molecular weight is 434 g/mol. The van der Waals surface area contributed by atoms with Crippen molar-refractivity contribution in [1.82, 2.24) is 4.98 Å². The van der Waals surface area contributed by atoms with E-state index < -0.39 is 21.7 Å². The van der Waals surface area contributed by atoms with E-state index >= 15 is 0 Å². The van der Waals surface area contributed by atoms with Crippen LogP contribution in [0.25, 0.3) is 11.1 Å². The van der Waals surface area contributed by atoms with Crippen LogP contribution in [0.2, 0.25) is 0 Å². The van der Waals surface area contributed by atoms with Crippen molar-refractivity contribution >= 4 is 15.7 Å². The summed E-state index contributed by atoms with van der Waals surface area (Å²) in [6.45, 7) is 3.30. The fourth-order valence-electron chi connectivity index (χ4n) is 2.73. The number of pyridine rings is 1. The Morgan fingerprint density at radius 3 is 2.43 bits per heavy atom. The van der Waals surface area contributed by atoms with E-state index in [0.717, 1.165) is 12.1 Å². The lowest BCUT2D eigenvalue weighted by Crippen LogP contribution is -2.14. The zero-order valence-corrected chi connectivity index (χ0v) is 17.4. The van der Waals surface area contributed by atoms with E-state index in [-0.39, 0.29) is 17.3 Å². The molecule has 9 heteroatoms. The summed E-state index contributed by atoms with van der Waals surface area (Å²) in [5.74, 6) is -1.25. The van der Waals surface area contributed by atoms with E-state index in [2.05, 4.69) is 9.71 Å². The second-order valence-electron chi connectivity index (χ2n) is 6.43. The van der Waals surface area contributed by atoms with Gasteiger partial charge in [-0.15, -0.1) is 0 Å². The maximum absolute atomic E-state index is 14.1. The maximum Gasteiger partial charge on any atom is 0.232 e. The maximum atomic E-state index is 14.1. The number of rotatable bonds is 7. The monoisotopic (exact) mass is 434 g/mol. The first kappa shape index (κ1) is 21.5. The van der Waals surface area contributed by atoms with Crippen molar-refractivity contribution in [2.24, 2.45) is 0 Å². The molecule has 1 aromatic heterocycles. The number of aromatic nitrogens is 1. The Hall–Kier alpha value is -3.20. The highest BCUT2D eigenvalue weighted by atomic mass is 32.2. The van der Waals surface area contributed by atoms with Crippen molar-refractivity contribution in [3.8, 4) is 28.5 Å². The molecule has 158 valence electrons. The van der Waals surface area contributed by atoms with Gasteiger partial charge < -0.3 is 9.47 Å². The summed E-state index contributed by atoms with van der Waals surface area (Å²) in [5.41, 5.74) is 2.06. The smallest absolute Gasteiger partial charge is 0.232 e. The molecule has 0 fully saturated rings. The lowest BCUT2D eigenvalue weighted by atomic mass is 10.0. The largest absolute Gasteiger partial charge is 0.481 e. The van der Waals surface area contributed by atoms with Gasteiger partial charge >= 0.3 is 0 Å². The summed E-state index contributed by atoms with van der Waals surface area (Å²) in [5, 5.41) is 0. The molecule has 0 saturated carbocycles. The molecule has 0 spiro atoms. The Morgan fingerprint density at radius 1 is 1.03 bits per heavy atom. The molecule has 0 bridgehead atoms. The summed E-state index contributed by atoms with van der Waals surface area (Å²) in [6.07, 6.45) is 0. The Morgan fingerprint density at radius 2 is 1.77 bits per heavy atom. The molecule has 0 aliphatic rings. The van der Waals surface area contributed by atoms with Crippen LogP contribution in [-0.2, 0) is 10.0 Å². The summed E-state index contributed by atoms with van der Waals surface area (Å²) < 4.78 is 64.6. The number of ether oxygens (including phenoxy) is 2. The van der Waals surface area contributed by atoms with Crippen LogP contribution in [0.15, 0.2) is 48.5 Å². The number of hydrogen-bond acceptors (Lipinski definition) is 5. The van der Waals surface area contributed by atoms with Gasteiger partial charge in [0.15, 0.2) is 11.6 Å². The summed E-state index contributed by atoms with van der Waals surface area (Å²) in [7, 11) is -2.03. The number of halogens is 2. The molecule has 0 radical (unpaired) electrons. The Kier molecular flexibility index (Phi) is 6.21. The topological polar surface area (TPSA) is 77.5 Å².